The predicted octanol–water partition coefficient (Wildman–Crippen LogP) is 5.77. The number of carbonyl (C=O) groups excluding carboxylic acids is 2. The molecular formula is C34H56N4O5. The summed E-state index contributed by atoms with van der Waals surface area (Å²) in [4.78, 5) is 32.5. The molecule has 0 spiro atoms. The summed E-state index contributed by atoms with van der Waals surface area (Å²) >= 11 is 0. The zero-order valence-electron chi connectivity index (χ0n) is 26.8. The van der Waals surface area contributed by atoms with Gasteiger partial charge in [-0.3, -0.25) is 4.79 Å². The number of rotatable bonds is 11. The van der Waals surface area contributed by atoms with Gasteiger partial charge in [-0.05, 0) is 95.9 Å². The van der Waals surface area contributed by atoms with E-state index in [1.165, 1.54) is 71.1 Å². The topological polar surface area (TPSA) is 83.6 Å². The zero-order chi connectivity index (χ0) is 30.3. The summed E-state index contributed by atoms with van der Waals surface area (Å²) in [6.45, 7) is 9.84. The van der Waals surface area contributed by atoms with Crippen LogP contribution in [0.25, 0.3) is 0 Å². The molecule has 1 unspecified atom stereocenters. The number of carbonyl (C=O) groups is 2. The molecule has 0 radical (unpaired) electrons. The lowest BCUT2D eigenvalue weighted by Gasteiger charge is -2.40. The van der Waals surface area contributed by atoms with E-state index in [2.05, 4.69) is 29.1 Å². The van der Waals surface area contributed by atoms with Gasteiger partial charge in [0.15, 0.2) is 11.5 Å². The molecule has 3 fully saturated rings. The van der Waals surface area contributed by atoms with Crippen LogP contribution in [0, 0.1) is 0 Å². The smallest absolute Gasteiger partial charge is 0.410 e. The van der Waals surface area contributed by atoms with E-state index in [0.717, 1.165) is 37.7 Å². The van der Waals surface area contributed by atoms with Gasteiger partial charge in [0, 0.05) is 25.6 Å². The van der Waals surface area contributed by atoms with Crippen LogP contribution in [0.4, 0.5) is 4.79 Å². The molecule has 3 saturated heterocycles. The third-order valence-electron chi connectivity index (χ3n) is 9.13. The van der Waals surface area contributed by atoms with Gasteiger partial charge in [0.1, 0.15) is 19.3 Å². The van der Waals surface area contributed by atoms with Crippen molar-refractivity contribution in [2.75, 3.05) is 66.1 Å². The Balaban J connectivity index is 0.000000628. The van der Waals surface area contributed by atoms with Crippen LogP contribution in [0.2, 0.25) is 0 Å². The van der Waals surface area contributed by atoms with Gasteiger partial charge in [-0.2, -0.15) is 0 Å². The zero-order valence-corrected chi connectivity index (χ0v) is 26.8. The maximum absolute atomic E-state index is 13.2. The molecule has 0 aromatic heterocycles. The molecule has 43 heavy (non-hydrogen) atoms. The van der Waals surface area contributed by atoms with E-state index in [-0.39, 0.29) is 18.5 Å². The van der Waals surface area contributed by atoms with E-state index in [1.807, 2.05) is 23.1 Å². The third kappa shape index (κ3) is 11.2. The number of hydrogen-bond acceptors (Lipinski definition) is 7. The predicted molar refractivity (Wildman–Crippen MR) is 170 cm³/mol. The lowest BCUT2D eigenvalue weighted by Crippen LogP contribution is -2.48. The Hall–Kier alpha value is -2.52. The molecule has 1 aromatic rings. The maximum Gasteiger partial charge on any atom is 0.410 e. The number of fused-ring (bicyclic) bond motifs is 1. The monoisotopic (exact) mass is 600 g/mol. The molecule has 1 aromatic carbocycles. The number of hydrogen-bond donors (Lipinski definition) is 1. The number of piperidine rings is 2. The molecule has 0 aliphatic carbocycles. The number of nitrogens with zero attached hydrogens (tertiary/aromatic N) is 3. The van der Waals surface area contributed by atoms with Crippen molar-refractivity contribution in [1.82, 2.24) is 20.0 Å². The first-order valence-electron chi connectivity index (χ1n) is 17.1. The van der Waals surface area contributed by atoms with Crippen molar-refractivity contribution in [3.63, 3.8) is 0 Å². The minimum absolute atomic E-state index is 0.00237. The molecule has 9 nitrogen and oxygen atoms in total. The molecule has 5 rings (SSSR count). The van der Waals surface area contributed by atoms with E-state index in [9.17, 15) is 9.59 Å². The molecular weight excluding hydrogens is 544 g/mol. The summed E-state index contributed by atoms with van der Waals surface area (Å²) in [6, 6.07) is 6.18. The van der Waals surface area contributed by atoms with Gasteiger partial charge in [0.25, 0.3) is 0 Å². The number of ether oxygens (including phenoxy) is 3. The first kappa shape index (κ1) is 33.4. The fourth-order valence-corrected chi connectivity index (χ4v) is 6.44. The molecule has 9 heteroatoms. The number of benzene rings is 1. The Bertz CT molecular complexity index is 972. The second kappa shape index (κ2) is 18.3. The summed E-state index contributed by atoms with van der Waals surface area (Å²) in [6.07, 6.45) is 13.8. The van der Waals surface area contributed by atoms with Crippen LogP contribution in [0.3, 0.4) is 0 Å². The van der Waals surface area contributed by atoms with E-state index in [0.29, 0.717) is 50.3 Å². The minimum Gasteiger partial charge on any atom is -0.486 e. The Kier molecular flexibility index (Phi) is 14.2. The molecule has 0 saturated carbocycles. The fraction of sp³-hybridized carbons (Fsp3) is 0.765. The third-order valence-corrected chi connectivity index (χ3v) is 9.13. The highest BCUT2D eigenvalue weighted by atomic mass is 16.6. The second-order valence-corrected chi connectivity index (χ2v) is 12.6. The van der Waals surface area contributed by atoms with Crippen LogP contribution < -0.4 is 14.8 Å². The van der Waals surface area contributed by atoms with Crippen LogP contribution >= 0.6 is 0 Å². The van der Waals surface area contributed by atoms with Crippen LogP contribution in [-0.4, -0.2) is 98.8 Å². The molecule has 4 aliphatic heterocycles. The van der Waals surface area contributed by atoms with E-state index < -0.39 is 6.10 Å². The normalized spacial score (nSPS) is 20.2. The minimum atomic E-state index is -0.591. The van der Waals surface area contributed by atoms with E-state index in [1.54, 1.807) is 0 Å². The van der Waals surface area contributed by atoms with Gasteiger partial charge in [-0.1, -0.05) is 45.1 Å². The highest BCUT2D eigenvalue weighted by molar-refractivity contribution is 5.76. The Morgan fingerprint density at radius 3 is 2.23 bits per heavy atom. The maximum atomic E-state index is 13.2. The second-order valence-electron chi connectivity index (χ2n) is 12.6. The van der Waals surface area contributed by atoms with Gasteiger partial charge in [0.05, 0.1) is 6.54 Å². The molecule has 0 bridgehead atoms. The van der Waals surface area contributed by atoms with Gasteiger partial charge >= 0.3 is 6.09 Å². The summed E-state index contributed by atoms with van der Waals surface area (Å²) < 4.78 is 17.4. The average molecular weight is 601 g/mol. The van der Waals surface area contributed by atoms with Gasteiger partial charge in [-0.15, -0.1) is 0 Å². The molecule has 4 heterocycles. The summed E-state index contributed by atoms with van der Waals surface area (Å²) in [7, 11) is 2.17. The van der Waals surface area contributed by atoms with Crippen molar-refractivity contribution in [2.45, 2.75) is 103 Å². The number of nitrogens with one attached hydrogen (secondary N) is 1. The molecule has 2 amide bonds. The van der Waals surface area contributed by atoms with Gasteiger partial charge < -0.3 is 34.2 Å². The number of amides is 2. The van der Waals surface area contributed by atoms with Gasteiger partial charge in [0.2, 0.25) is 5.91 Å². The number of likely N-dealkylation sites (tertiary alicyclic amines) is 3. The highest BCUT2D eigenvalue weighted by Crippen LogP contribution is 2.34. The fourth-order valence-electron chi connectivity index (χ4n) is 6.44. The Morgan fingerprint density at radius 1 is 0.884 bits per heavy atom. The summed E-state index contributed by atoms with van der Waals surface area (Å²) in [5.41, 5.74) is 0.795. The van der Waals surface area contributed by atoms with Crippen molar-refractivity contribution < 1.29 is 23.8 Å². The standard InChI is InChI=1S/C29H45N3O5.C5H11N/c1-2-3-4-5-7-10-28(33)30-22-27(23-11-12-25-26(21-23)36-20-19-35-25)37-29(34)32-17-13-24(14-18-32)31-15-8-6-9-16-31;1-6-4-2-3-5-6/h11-12,21,24,27H,2-10,13-20,22H2,1H3,(H,30,33);2-5H2,1H3. The van der Waals surface area contributed by atoms with E-state index >= 15 is 0 Å². The Morgan fingerprint density at radius 2 is 1.56 bits per heavy atom. The van der Waals surface area contributed by atoms with E-state index in [4.69, 9.17) is 14.2 Å². The molecule has 1 atom stereocenters. The van der Waals surface area contributed by atoms with Crippen molar-refractivity contribution in [1.29, 1.82) is 0 Å². The van der Waals surface area contributed by atoms with Crippen LogP contribution in [0.1, 0.15) is 102 Å². The first-order valence-corrected chi connectivity index (χ1v) is 17.1. The summed E-state index contributed by atoms with van der Waals surface area (Å²) in [5.74, 6) is 1.34. The number of unbranched alkanes of at least 4 members (excludes halogenated alkanes) is 4. The van der Waals surface area contributed by atoms with Crippen molar-refractivity contribution in [3.05, 3.63) is 23.8 Å². The SMILES string of the molecule is CCCCCCCC(=O)NCC(OC(=O)N1CCC(N2CCCCC2)CC1)c1ccc2c(c1)OCCO2.CN1CCCC1. The lowest BCUT2D eigenvalue weighted by atomic mass is 10.0. The average Bonchev–Trinajstić information content (AvgIpc) is 3.54. The van der Waals surface area contributed by atoms with Gasteiger partial charge in [-0.25, -0.2) is 4.79 Å². The molecule has 1 N–H and O–H groups in total. The van der Waals surface area contributed by atoms with Crippen LogP contribution in [0.5, 0.6) is 11.5 Å². The van der Waals surface area contributed by atoms with Crippen LogP contribution in [-0.2, 0) is 9.53 Å². The van der Waals surface area contributed by atoms with Crippen molar-refractivity contribution in [3.8, 4) is 11.5 Å². The molecule has 4 aliphatic rings. The van der Waals surface area contributed by atoms with Crippen LogP contribution in [0.15, 0.2) is 18.2 Å². The quantitative estimate of drug-likeness (QED) is 0.323. The van der Waals surface area contributed by atoms with Crippen molar-refractivity contribution >= 4 is 12.0 Å². The summed E-state index contributed by atoms with van der Waals surface area (Å²) in [5, 5.41) is 3.00. The molecule has 242 valence electrons. The Labute approximate surface area is 259 Å². The highest BCUT2D eigenvalue weighted by Gasteiger charge is 2.30. The van der Waals surface area contributed by atoms with Crippen molar-refractivity contribution in [2.24, 2.45) is 0 Å². The first-order chi connectivity index (χ1) is 21.0. The largest absolute Gasteiger partial charge is 0.486 e. The lowest BCUT2D eigenvalue weighted by molar-refractivity contribution is -0.121.